The maximum absolute atomic E-state index is 6.02. The molecule has 1 aliphatic heterocycles. The quantitative estimate of drug-likeness (QED) is 0.758. The molecule has 2 heteroatoms. The van der Waals surface area contributed by atoms with E-state index in [0.29, 0.717) is 5.92 Å². The average molecular weight is 219 g/mol. The van der Waals surface area contributed by atoms with E-state index in [-0.39, 0.29) is 6.10 Å². The zero-order valence-electron chi connectivity index (χ0n) is 10.2. The minimum absolute atomic E-state index is 0.274. The summed E-state index contributed by atoms with van der Waals surface area (Å²) in [7, 11) is 2.18. The Bertz CT molecular complexity index is 312. The van der Waals surface area contributed by atoms with Gasteiger partial charge in [0.15, 0.2) is 0 Å². The van der Waals surface area contributed by atoms with Crippen molar-refractivity contribution in [1.82, 2.24) is 4.90 Å². The summed E-state index contributed by atoms with van der Waals surface area (Å²) in [6, 6.07) is 10.6. The third-order valence-electron chi connectivity index (χ3n) is 3.40. The van der Waals surface area contributed by atoms with Gasteiger partial charge in [0.05, 0.1) is 12.7 Å². The Morgan fingerprint density at radius 2 is 2.06 bits per heavy atom. The van der Waals surface area contributed by atoms with Crippen molar-refractivity contribution in [1.29, 1.82) is 0 Å². The van der Waals surface area contributed by atoms with Gasteiger partial charge in [-0.1, -0.05) is 37.3 Å². The second-order valence-electron chi connectivity index (χ2n) is 4.63. The van der Waals surface area contributed by atoms with E-state index in [1.807, 2.05) is 0 Å². The van der Waals surface area contributed by atoms with Gasteiger partial charge >= 0.3 is 0 Å². The molecular formula is C14H21NO. The molecule has 0 radical (unpaired) electrons. The fraction of sp³-hybridized carbons (Fsp3) is 0.571. The van der Waals surface area contributed by atoms with Gasteiger partial charge in [-0.25, -0.2) is 0 Å². The van der Waals surface area contributed by atoms with E-state index >= 15 is 0 Å². The molecule has 0 bridgehead atoms. The molecule has 1 unspecified atom stereocenters. The summed E-state index contributed by atoms with van der Waals surface area (Å²) in [5.74, 6) is 0.606. The molecule has 1 saturated heterocycles. The molecule has 0 spiro atoms. The van der Waals surface area contributed by atoms with Gasteiger partial charge in [0.25, 0.3) is 0 Å². The zero-order valence-corrected chi connectivity index (χ0v) is 10.2. The average Bonchev–Trinajstić information content (AvgIpc) is 2.51. The lowest BCUT2D eigenvalue weighted by Gasteiger charge is -2.25. The van der Waals surface area contributed by atoms with Crippen LogP contribution < -0.4 is 0 Å². The molecule has 2 rings (SSSR count). The third-order valence-corrected chi connectivity index (χ3v) is 3.40. The van der Waals surface area contributed by atoms with Crippen LogP contribution in [-0.4, -0.2) is 31.6 Å². The fourth-order valence-electron chi connectivity index (χ4n) is 2.41. The molecule has 16 heavy (non-hydrogen) atoms. The first-order valence-electron chi connectivity index (χ1n) is 6.16. The van der Waals surface area contributed by atoms with Crippen LogP contribution in [0.25, 0.3) is 0 Å². The van der Waals surface area contributed by atoms with Crippen molar-refractivity contribution in [3.05, 3.63) is 35.9 Å². The molecule has 1 aromatic rings. The highest BCUT2D eigenvalue weighted by atomic mass is 16.5. The number of likely N-dealkylation sites (N-methyl/N-ethyl adjacent to an activating group) is 1. The Morgan fingerprint density at radius 1 is 1.31 bits per heavy atom. The van der Waals surface area contributed by atoms with Gasteiger partial charge in [-0.3, -0.25) is 0 Å². The molecule has 1 heterocycles. The van der Waals surface area contributed by atoms with Gasteiger partial charge in [0.1, 0.15) is 0 Å². The number of nitrogens with zero attached hydrogens (tertiary/aromatic N) is 1. The Morgan fingerprint density at radius 3 is 2.75 bits per heavy atom. The second kappa shape index (κ2) is 5.46. The van der Waals surface area contributed by atoms with Crippen molar-refractivity contribution in [3.8, 4) is 0 Å². The number of rotatable bonds is 2. The summed E-state index contributed by atoms with van der Waals surface area (Å²) >= 11 is 0. The van der Waals surface area contributed by atoms with Crippen LogP contribution in [0.3, 0.4) is 0 Å². The Labute approximate surface area is 98.2 Å². The molecule has 1 fully saturated rings. The van der Waals surface area contributed by atoms with Gasteiger partial charge in [-0.05, 0) is 19.0 Å². The van der Waals surface area contributed by atoms with Crippen LogP contribution in [0.1, 0.15) is 25.0 Å². The van der Waals surface area contributed by atoms with Gasteiger partial charge in [0, 0.05) is 19.0 Å². The number of hydrogen-bond acceptors (Lipinski definition) is 2. The van der Waals surface area contributed by atoms with Crippen molar-refractivity contribution >= 4 is 0 Å². The minimum atomic E-state index is 0.274. The highest BCUT2D eigenvalue weighted by Gasteiger charge is 2.26. The molecule has 1 aliphatic rings. The van der Waals surface area contributed by atoms with Gasteiger partial charge in [0.2, 0.25) is 0 Å². The number of ether oxygens (including phenoxy) is 1. The van der Waals surface area contributed by atoms with Crippen molar-refractivity contribution in [2.24, 2.45) is 5.92 Å². The van der Waals surface area contributed by atoms with Crippen LogP contribution in [0.15, 0.2) is 30.3 Å². The predicted octanol–water partition coefficient (Wildman–Crippen LogP) is 2.72. The maximum atomic E-state index is 6.02. The smallest absolute Gasteiger partial charge is 0.0865 e. The van der Waals surface area contributed by atoms with E-state index in [1.54, 1.807) is 0 Å². The summed E-state index contributed by atoms with van der Waals surface area (Å²) in [6.45, 7) is 5.27. The number of benzene rings is 1. The molecule has 0 aromatic heterocycles. The highest BCUT2D eigenvalue weighted by molar-refractivity contribution is 5.18. The lowest BCUT2D eigenvalue weighted by atomic mass is 9.93. The van der Waals surface area contributed by atoms with Crippen LogP contribution in [0.4, 0.5) is 0 Å². The first kappa shape index (κ1) is 11.6. The molecule has 2 nitrogen and oxygen atoms in total. The summed E-state index contributed by atoms with van der Waals surface area (Å²) < 4.78 is 6.02. The monoisotopic (exact) mass is 219 g/mol. The third kappa shape index (κ3) is 2.63. The van der Waals surface area contributed by atoms with Gasteiger partial charge in [-0.2, -0.15) is 0 Å². The van der Waals surface area contributed by atoms with Crippen molar-refractivity contribution in [2.75, 3.05) is 26.7 Å². The van der Waals surface area contributed by atoms with E-state index in [1.165, 1.54) is 12.0 Å². The molecule has 88 valence electrons. The maximum Gasteiger partial charge on any atom is 0.0865 e. The Balaban J connectivity index is 2.17. The normalized spacial score (nSPS) is 27.6. The van der Waals surface area contributed by atoms with Gasteiger partial charge < -0.3 is 9.64 Å². The van der Waals surface area contributed by atoms with Crippen LogP contribution in [-0.2, 0) is 4.74 Å². The minimum Gasteiger partial charge on any atom is -0.372 e. The van der Waals surface area contributed by atoms with Gasteiger partial charge in [-0.15, -0.1) is 0 Å². The topological polar surface area (TPSA) is 12.5 Å². The standard InChI is InChI=1S/C14H21NO/c1-3-12-11-15(2)9-10-16-14(12)13-7-5-4-6-8-13/h4-8,12,14H,3,9-11H2,1-2H3/t12-,14?/m0/s1. The lowest BCUT2D eigenvalue weighted by Crippen LogP contribution is -2.26. The summed E-state index contributed by atoms with van der Waals surface area (Å²) in [5, 5.41) is 0. The van der Waals surface area contributed by atoms with Crippen molar-refractivity contribution in [2.45, 2.75) is 19.4 Å². The van der Waals surface area contributed by atoms with Crippen LogP contribution in [0.5, 0.6) is 0 Å². The Kier molecular flexibility index (Phi) is 3.97. The lowest BCUT2D eigenvalue weighted by molar-refractivity contribution is 0.0295. The number of hydrogen-bond donors (Lipinski definition) is 0. The van der Waals surface area contributed by atoms with E-state index in [2.05, 4.69) is 49.2 Å². The highest BCUT2D eigenvalue weighted by Crippen LogP contribution is 2.30. The van der Waals surface area contributed by atoms with Crippen LogP contribution in [0.2, 0.25) is 0 Å². The zero-order chi connectivity index (χ0) is 11.4. The summed E-state index contributed by atoms with van der Waals surface area (Å²) in [4.78, 5) is 2.37. The van der Waals surface area contributed by atoms with Crippen molar-refractivity contribution < 1.29 is 4.74 Å². The molecule has 0 amide bonds. The first-order valence-corrected chi connectivity index (χ1v) is 6.16. The summed E-state index contributed by atoms with van der Waals surface area (Å²) in [5.41, 5.74) is 1.32. The van der Waals surface area contributed by atoms with Crippen molar-refractivity contribution in [3.63, 3.8) is 0 Å². The van der Waals surface area contributed by atoms with E-state index < -0.39 is 0 Å². The second-order valence-corrected chi connectivity index (χ2v) is 4.63. The van der Waals surface area contributed by atoms with E-state index in [4.69, 9.17) is 4.74 Å². The predicted molar refractivity (Wildman–Crippen MR) is 66.4 cm³/mol. The SMILES string of the molecule is CC[C@H]1CN(C)CCOC1c1ccccc1. The van der Waals surface area contributed by atoms with E-state index in [0.717, 1.165) is 19.7 Å². The molecular weight excluding hydrogens is 198 g/mol. The largest absolute Gasteiger partial charge is 0.372 e. The first-order chi connectivity index (χ1) is 7.81. The fourth-order valence-corrected chi connectivity index (χ4v) is 2.41. The Hall–Kier alpha value is -0.860. The molecule has 0 saturated carbocycles. The molecule has 1 aromatic carbocycles. The molecule has 2 atom stereocenters. The van der Waals surface area contributed by atoms with E-state index in [9.17, 15) is 0 Å². The molecule has 0 aliphatic carbocycles. The molecule has 0 N–H and O–H groups in total. The van der Waals surface area contributed by atoms with Crippen LogP contribution in [0, 0.1) is 5.92 Å². The summed E-state index contributed by atoms with van der Waals surface area (Å²) in [6.07, 6.45) is 1.44. The van der Waals surface area contributed by atoms with Crippen LogP contribution >= 0.6 is 0 Å².